The van der Waals surface area contributed by atoms with Crippen LogP contribution in [0.15, 0.2) is 40.9 Å². The van der Waals surface area contributed by atoms with E-state index in [0.717, 1.165) is 16.7 Å². The van der Waals surface area contributed by atoms with Gasteiger partial charge in [0.05, 0.1) is 11.6 Å². The summed E-state index contributed by atoms with van der Waals surface area (Å²) in [5.41, 5.74) is 3.30. The number of aryl methyl sites for hydroxylation is 2. The molecule has 1 aliphatic heterocycles. The number of hydrogen-bond acceptors (Lipinski definition) is 4. The molecule has 1 aliphatic rings. The molecule has 2 heterocycles. The normalized spacial score (nSPS) is 17.0. The molecule has 5 nitrogen and oxygen atoms in total. The van der Waals surface area contributed by atoms with Crippen LogP contribution in [0.3, 0.4) is 0 Å². The van der Waals surface area contributed by atoms with E-state index >= 15 is 0 Å². The number of rotatable bonds is 3. The number of hydrogen-bond donors (Lipinski definition) is 0. The molecule has 1 amide bonds. The second-order valence-corrected chi connectivity index (χ2v) is 7.21. The minimum absolute atomic E-state index is 0.188. The Hall–Kier alpha value is -2.73. The SMILES string of the molecule is Cc1ccc(-c2noc(C3CC(=O)N(c4ccc(Cl)cc4F)C3)n2)c(C)c1. The van der Waals surface area contributed by atoms with Gasteiger partial charge < -0.3 is 9.42 Å². The zero-order valence-electron chi connectivity index (χ0n) is 14.9. The Morgan fingerprint density at radius 2 is 2.04 bits per heavy atom. The van der Waals surface area contributed by atoms with E-state index in [1.54, 1.807) is 6.07 Å². The summed E-state index contributed by atoms with van der Waals surface area (Å²) >= 11 is 5.79. The maximum absolute atomic E-state index is 14.2. The van der Waals surface area contributed by atoms with Gasteiger partial charge in [0, 0.05) is 23.6 Å². The van der Waals surface area contributed by atoms with Crippen LogP contribution in [-0.4, -0.2) is 22.6 Å². The maximum Gasteiger partial charge on any atom is 0.232 e. The lowest BCUT2D eigenvalue weighted by Gasteiger charge is -2.16. The summed E-state index contributed by atoms with van der Waals surface area (Å²) in [5.74, 6) is -0.119. The highest BCUT2D eigenvalue weighted by Gasteiger charge is 2.36. The van der Waals surface area contributed by atoms with E-state index in [4.69, 9.17) is 16.1 Å². The smallest absolute Gasteiger partial charge is 0.232 e. The van der Waals surface area contributed by atoms with Gasteiger partial charge in [-0.1, -0.05) is 40.5 Å². The molecule has 1 fully saturated rings. The average molecular weight is 386 g/mol. The molecule has 2 aromatic carbocycles. The van der Waals surface area contributed by atoms with E-state index in [1.165, 1.54) is 17.0 Å². The Labute approximate surface area is 160 Å². The van der Waals surface area contributed by atoms with Crippen molar-refractivity contribution < 1.29 is 13.7 Å². The lowest BCUT2D eigenvalue weighted by molar-refractivity contribution is -0.117. The van der Waals surface area contributed by atoms with E-state index in [9.17, 15) is 9.18 Å². The van der Waals surface area contributed by atoms with Crippen LogP contribution in [0.1, 0.15) is 29.4 Å². The third-order valence-electron chi connectivity index (χ3n) is 4.74. The van der Waals surface area contributed by atoms with Gasteiger partial charge in [0.15, 0.2) is 0 Å². The predicted molar refractivity (Wildman–Crippen MR) is 100 cm³/mol. The Morgan fingerprint density at radius 3 is 2.78 bits per heavy atom. The van der Waals surface area contributed by atoms with Crippen molar-refractivity contribution in [2.24, 2.45) is 0 Å². The van der Waals surface area contributed by atoms with Crippen LogP contribution in [-0.2, 0) is 4.79 Å². The lowest BCUT2D eigenvalue weighted by atomic mass is 10.1. The van der Waals surface area contributed by atoms with Crippen molar-refractivity contribution in [2.45, 2.75) is 26.2 Å². The predicted octanol–water partition coefficient (Wildman–Crippen LogP) is 4.67. The van der Waals surface area contributed by atoms with Crippen molar-refractivity contribution in [1.82, 2.24) is 10.1 Å². The highest BCUT2D eigenvalue weighted by molar-refractivity contribution is 6.30. The van der Waals surface area contributed by atoms with Gasteiger partial charge in [-0.3, -0.25) is 4.79 Å². The molecule has 1 saturated heterocycles. The van der Waals surface area contributed by atoms with Crippen LogP contribution in [0.2, 0.25) is 5.02 Å². The van der Waals surface area contributed by atoms with Crippen LogP contribution < -0.4 is 4.90 Å². The summed E-state index contributed by atoms with van der Waals surface area (Å²) in [6.45, 7) is 4.29. The molecular formula is C20H17ClFN3O2. The average Bonchev–Trinajstić information content (AvgIpc) is 3.22. The summed E-state index contributed by atoms with van der Waals surface area (Å²) in [6, 6.07) is 10.3. The van der Waals surface area contributed by atoms with Gasteiger partial charge >= 0.3 is 0 Å². The summed E-state index contributed by atoms with van der Waals surface area (Å²) < 4.78 is 19.6. The summed E-state index contributed by atoms with van der Waals surface area (Å²) in [5, 5.41) is 4.35. The van der Waals surface area contributed by atoms with Gasteiger partial charge in [-0.25, -0.2) is 4.39 Å². The molecule has 0 spiro atoms. The fourth-order valence-electron chi connectivity index (χ4n) is 3.38. The Kier molecular flexibility index (Phi) is 4.44. The molecule has 138 valence electrons. The first kappa shape index (κ1) is 17.7. The summed E-state index contributed by atoms with van der Waals surface area (Å²) in [4.78, 5) is 18.3. The van der Waals surface area contributed by atoms with Crippen molar-refractivity contribution in [2.75, 3.05) is 11.4 Å². The van der Waals surface area contributed by atoms with Gasteiger partial charge in [-0.05, 0) is 37.6 Å². The first-order valence-corrected chi connectivity index (χ1v) is 8.97. The minimum Gasteiger partial charge on any atom is -0.339 e. The van der Waals surface area contributed by atoms with Gasteiger partial charge in [-0.15, -0.1) is 0 Å². The van der Waals surface area contributed by atoms with Crippen molar-refractivity contribution in [3.05, 3.63) is 64.3 Å². The molecule has 27 heavy (non-hydrogen) atoms. The van der Waals surface area contributed by atoms with E-state index in [2.05, 4.69) is 16.2 Å². The van der Waals surface area contributed by atoms with Crippen LogP contribution >= 0.6 is 11.6 Å². The second kappa shape index (κ2) is 6.78. The quantitative estimate of drug-likeness (QED) is 0.657. The number of benzene rings is 2. The molecule has 0 aliphatic carbocycles. The molecule has 1 atom stereocenters. The molecule has 0 bridgehead atoms. The first-order chi connectivity index (χ1) is 12.9. The Bertz CT molecular complexity index is 1030. The molecule has 0 N–H and O–H groups in total. The van der Waals surface area contributed by atoms with Crippen LogP contribution in [0.25, 0.3) is 11.4 Å². The topological polar surface area (TPSA) is 59.2 Å². The highest BCUT2D eigenvalue weighted by atomic mass is 35.5. The van der Waals surface area contributed by atoms with Gasteiger partial charge in [0.25, 0.3) is 0 Å². The van der Waals surface area contributed by atoms with Crippen LogP contribution in [0.4, 0.5) is 10.1 Å². The lowest BCUT2D eigenvalue weighted by Crippen LogP contribution is -2.25. The highest BCUT2D eigenvalue weighted by Crippen LogP contribution is 2.34. The zero-order valence-corrected chi connectivity index (χ0v) is 15.6. The van der Waals surface area contributed by atoms with E-state index < -0.39 is 5.82 Å². The van der Waals surface area contributed by atoms with E-state index in [-0.39, 0.29) is 35.5 Å². The fourth-order valence-corrected chi connectivity index (χ4v) is 3.54. The number of halogens is 2. The molecule has 3 aromatic rings. The van der Waals surface area contributed by atoms with Crippen molar-refractivity contribution in [3.8, 4) is 11.4 Å². The van der Waals surface area contributed by atoms with Gasteiger partial charge in [0.1, 0.15) is 5.82 Å². The molecule has 1 unspecified atom stereocenters. The molecule has 7 heteroatoms. The summed E-state index contributed by atoms with van der Waals surface area (Å²) in [7, 11) is 0. The standard InChI is InChI=1S/C20H17ClFN3O2/c1-11-3-5-15(12(2)7-11)19-23-20(27-24-19)13-8-18(26)25(10-13)17-6-4-14(21)9-16(17)22/h3-7,9,13H,8,10H2,1-2H3. The maximum atomic E-state index is 14.2. The minimum atomic E-state index is -0.530. The molecule has 0 saturated carbocycles. The molecular weight excluding hydrogens is 369 g/mol. The van der Waals surface area contributed by atoms with Crippen LogP contribution in [0.5, 0.6) is 0 Å². The van der Waals surface area contributed by atoms with Crippen molar-refractivity contribution >= 4 is 23.2 Å². The summed E-state index contributed by atoms with van der Waals surface area (Å²) in [6.07, 6.45) is 0.191. The molecule has 4 rings (SSSR count). The number of aromatic nitrogens is 2. The Morgan fingerprint density at radius 1 is 1.22 bits per heavy atom. The monoisotopic (exact) mass is 385 g/mol. The zero-order chi connectivity index (χ0) is 19.1. The second-order valence-electron chi connectivity index (χ2n) is 6.78. The van der Waals surface area contributed by atoms with Crippen molar-refractivity contribution in [3.63, 3.8) is 0 Å². The number of carbonyl (C=O) groups excluding carboxylic acids is 1. The van der Waals surface area contributed by atoms with Crippen LogP contribution in [0, 0.1) is 19.7 Å². The third kappa shape index (κ3) is 3.32. The first-order valence-electron chi connectivity index (χ1n) is 8.59. The molecule has 0 radical (unpaired) electrons. The Balaban J connectivity index is 1.59. The number of anilines is 1. The van der Waals surface area contributed by atoms with E-state index in [1.807, 2.05) is 26.0 Å². The van der Waals surface area contributed by atoms with Gasteiger partial charge in [0.2, 0.25) is 17.6 Å². The van der Waals surface area contributed by atoms with E-state index in [0.29, 0.717) is 11.7 Å². The number of carbonyl (C=O) groups is 1. The number of nitrogens with zero attached hydrogens (tertiary/aromatic N) is 3. The largest absolute Gasteiger partial charge is 0.339 e. The van der Waals surface area contributed by atoms with Crippen molar-refractivity contribution in [1.29, 1.82) is 0 Å². The molecule has 1 aromatic heterocycles. The fraction of sp³-hybridized carbons (Fsp3) is 0.250. The van der Waals surface area contributed by atoms with Gasteiger partial charge in [-0.2, -0.15) is 4.98 Å². The number of amides is 1. The third-order valence-corrected chi connectivity index (χ3v) is 4.97.